The maximum Gasteiger partial charge on any atom is 0.242 e. The van der Waals surface area contributed by atoms with Crippen LogP contribution in [0.5, 0.6) is 5.75 Å². The third kappa shape index (κ3) is 7.46. The van der Waals surface area contributed by atoms with Gasteiger partial charge >= 0.3 is 0 Å². The zero-order chi connectivity index (χ0) is 21.1. The molecular formula is C23H30N2O3S. The van der Waals surface area contributed by atoms with Crippen LogP contribution in [0.4, 0.5) is 0 Å². The summed E-state index contributed by atoms with van der Waals surface area (Å²) in [5.41, 5.74) is 2.11. The van der Waals surface area contributed by atoms with Crippen LogP contribution in [-0.2, 0) is 21.9 Å². The Kier molecular flexibility index (Phi) is 9.57. The fraction of sp³-hybridized carbons (Fsp3) is 0.391. The number of rotatable bonds is 11. The van der Waals surface area contributed by atoms with E-state index in [0.29, 0.717) is 18.8 Å². The van der Waals surface area contributed by atoms with Gasteiger partial charge in [0.2, 0.25) is 11.8 Å². The molecule has 2 amide bonds. The van der Waals surface area contributed by atoms with Gasteiger partial charge in [-0.2, -0.15) is 0 Å². The minimum Gasteiger partial charge on any atom is -0.497 e. The molecule has 2 rings (SSSR count). The highest BCUT2D eigenvalue weighted by Crippen LogP contribution is 2.18. The number of nitrogens with one attached hydrogen (secondary N) is 1. The lowest BCUT2D eigenvalue weighted by Crippen LogP contribution is -2.48. The van der Waals surface area contributed by atoms with Crippen molar-refractivity contribution in [2.75, 3.05) is 19.4 Å². The third-order valence-corrected chi connectivity index (χ3v) is 5.53. The van der Waals surface area contributed by atoms with Gasteiger partial charge in [-0.1, -0.05) is 49.4 Å². The van der Waals surface area contributed by atoms with Gasteiger partial charge in [0, 0.05) is 18.8 Å². The van der Waals surface area contributed by atoms with Gasteiger partial charge in [0.25, 0.3) is 0 Å². The second-order valence-corrected chi connectivity index (χ2v) is 7.80. The van der Waals surface area contributed by atoms with Crippen LogP contribution in [0, 0.1) is 0 Å². The van der Waals surface area contributed by atoms with Crippen LogP contribution in [0.25, 0.3) is 0 Å². The molecule has 0 unspecified atom stereocenters. The monoisotopic (exact) mass is 414 g/mol. The van der Waals surface area contributed by atoms with E-state index in [2.05, 4.69) is 5.32 Å². The van der Waals surface area contributed by atoms with Gasteiger partial charge in [0.1, 0.15) is 11.8 Å². The Hall–Kier alpha value is -2.47. The second-order valence-electron chi connectivity index (χ2n) is 6.82. The summed E-state index contributed by atoms with van der Waals surface area (Å²) < 4.78 is 5.28. The molecule has 0 aliphatic carbocycles. The molecule has 0 saturated heterocycles. The largest absolute Gasteiger partial charge is 0.497 e. The molecule has 2 aromatic rings. The van der Waals surface area contributed by atoms with Gasteiger partial charge in [0.15, 0.2) is 0 Å². The minimum absolute atomic E-state index is 0.0482. The van der Waals surface area contributed by atoms with Crippen molar-refractivity contribution in [1.29, 1.82) is 0 Å². The Bertz CT molecular complexity index is 783. The Morgan fingerprint density at radius 1 is 1.10 bits per heavy atom. The van der Waals surface area contributed by atoms with E-state index in [-0.39, 0.29) is 11.8 Å². The zero-order valence-corrected chi connectivity index (χ0v) is 18.2. The summed E-state index contributed by atoms with van der Waals surface area (Å²) >= 11 is 1.56. The molecular weight excluding hydrogens is 384 g/mol. The molecule has 0 radical (unpaired) electrons. The van der Waals surface area contributed by atoms with Gasteiger partial charge in [-0.05, 0) is 36.6 Å². The molecule has 0 saturated carbocycles. The molecule has 1 N–H and O–H groups in total. The van der Waals surface area contributed by atoms with Crippen molar-refractivity contribution in [3.05, 3.63) is 65.7 Å². The van der Waals surface area contributed by atoms with Crippen LogP contribution < -0.4 is 10.1 Å². The van der Waals surface area contributed by atoms with Crippen LogP contribution in [0.15, 0.2) is 54.6 Å². The average Bonchev–Trinajstić information content (AvgIpc) is 2.76. The number of carbonyl (C=O) groups is 2. The number of hydrogen-bond acceptors (Lipinski definition) is 4. The van der Waals surface area contributed by atoms with E-state index in [1.54, 1.807) is 30.7 Å². The number of hydrogen-bond donors (Lipinski definition) is 1. The van der Waals surface area contributed by atoms with Gasteiger partial charge < -0.3 is 15.0 Å². The fourth-order valence-corrected chi connectivity index (χ4v) is 3.73. The highest BCUT2D eigenvalue weighted by molar-refractivity contribution is 7.99. The van der Waals surface area contributed by atoms with E-state index < -0.39 is 6.04 Å². The lowest BCUT2D eigenvalue weighted by atomic mass is 10.1. The van der Waals surface area contributed by atoms with Crippen molar-refractivity contribution in [3.8, 4) is 5.75 Å². The fourth-order valence-electron chi connectivity index (χ4n) is 2.86. The maximum absolute atomic E-state index is 13.0. The summed E-state index contributed by atoms with van der Waals surface area (Å²) in [6.07, 6.45) is 0.856. The summed E-state index contributed by atoms with van der Waals surface area (Å²) in [7, 11) is 1.61. The maximum atomic E-state index is 13.0. The van der Waals surface area contributed by atoms with E-state index in [0.717, 1.165) is 23.5 Å². The molecule has 29 heavy (non-hydrogen) atoms. The Balaban J connectivity index is 2.07. The van der Waals surface area contributed by atoms with Crippen LogP contribution in [0.2, 0.25) is 0 Å². The summed E-state index contributed by atoms with van der Waals surface area (Å²) in [5, 5.41) is 2.89. The molecule has 5 nitrogen and oxygen atoms in total. The van der Waals surface area contributed by atoms with E-state index in [4.69, 9.17) is 4.74 Å². The normalized spacial score (nSPS) is 11.6. The van der Waals surface area contributed by atoms with E-state index in [9.17, 15) is 9.59 Å². The molecule has 156 valence electrons. The number of nitrogens with zero attached hydrogens (tertiary/aromatic N) is 1. The first kappa shape index (κ1) is 22.8. The van der Waals surface area contributed by atoms with E-state index in [1.807, 2.05) is 61.5 Å². The molecule has 0 spiro atoms. The standard InChI is InChI=1S/C23H30N2O3S/c1-4-13-24-23(27)18(2)25(15-20-11-8-12-21(14-20)28-3)22(26)17-29-16-19-9-6-5-7-10-19/h5-12,14,18H,4,13,15-17H2,1-3H3,(H,24,27)/t18-/m0/s1. The third-order valence-electron chi connectivity index (χ3n) is 4.54. The summed E-state index contributed by atoms with van der Waals surface area (Å²) in [4.78, 5) is 27.2. The predicted octanol–water partition coefficient (Wildman–Crippen LogP) is 3.87. The number of amides is 2. The van der Waals surface area contributed by atoms with Gasteiger partial charge in [-0.3, -0.25) is 9.59 Å². The van der Waals surface area contributed by atoms with Crippen LogP contribution in [-0.4, -0.2) is 42.2 Å². The highest BCUT2D eigenvalue weighted by atomic mass is 32.2. The highest BCUT2D eigenvalue weighted by Gasteiger charge is 2.25. The molecule has 0 aromatic heterocycles. The topological polar surface area (TPSA) is 58.6 Å². The Morgan fingerprint density at radius 2 is 1.83 bits per heavy atom. The Labute approximate surface area is 177 Å². The number of carbonyl (C=O) groups excluding carboxylic acids is 2. The summed E-state index contributed by atoms with van der Waals surface area (Å²) in [5.74, 6) is 1.64. The first-order chi connectivity index (χ1) is 14.0. The average molecular weight is 415 g/mol. The smallest absolute Gasteiger partial charge is 0.242 e. The molecule has 1 atom stereocenters. The Morgan fingerprint density at radius 3 is 2.52 bits per heavy atom. The molecule has 0 aliphatic rings. The van der Waals surface area contributed by atoms with Crippen molar-refractivity contribution >= 4 is 23.6 Å². The number of benzene rings is 2. The van der Waals surface area contributed by atoms with E-state index >= 15 is 0 Å². The summed E-state index contributed by atoms with van der Waals surface area (Å²) in [6.45, 7) is 4.75. The van der Waals surface area contributed by atoms with Gasteiger partial charge in [0.05, 0.1) is 12.9 Å². The SMILES string of the molecule is CCCNC(=O)[C@H](C)N(Cc1cccc(OC)c1)C(=O)CSCc1ccccc1. The molecule has 0 fully saturated rings. The van der Waals surface area contributed by atoms with Crippen molar-refractivity contribution < 1.29 is 14.3 Å². The lowest BCUT2D eigenvalue weighted by molar-refractivity contribution is -0.138. The first-order valence-corrected chi connectivity index (χ1v) is 11.0. The van der Waals surface area contributed by atoms with Crippen molar-refractivity contribution in [1.82, 2.24) is 10.2 Å². The van der Waals surface area contributed by atoms with Crippen LogP contribution >= 0.6 is 11.8 Å². The van der Waals surface area contributed by atoms with Crippen LogP contribution in [0.3, 0.4) is 0 Å². The summed E-state index contributed by atoms with van der Waals surface area (Å²) in [6, 6.07) is 17.1. The van der Waals surface area contributed by atoms with Gasteiger partial charge in [-0.25, -0.2) is 0 Å². The predicted molar refractivity (Wildman–Crippen MR) is 119 cm³/mol. The zero-order valence-electron chi connectivity index (χ0n) is 17.4. The molecule has 0 heterocycles. The minimum atomic E-state index is -0.544. The molecule has 0 aliphatic heterocycles. The number of ether oxygens (including phenoxy) is 1. The second kappa shape index (κ2) is 12.2. The van der Waals surface area contributed by atoms with Crippen molar-refractivity contribution in [2.24, 2.45) is 0 Å². The van der Waals surface area contributed by atoms with Crippen molar-refractivity contribution in [2.45, 2.75) is 38.6 Å². The van der Waals surface area contributed by atoms with Crippen LogP contribution in [0.1, 0.15) is 31.4 Å². The number of methoxy groups -OCH3 is 1. The van der Waals surface area contributed by atoms with Crippen molar-refractivity contribution in [3.63, 3.8) is 0 Å². The number of thioether (sulfide) groups is 1. The van der Waals surface area contributed by atoms with E-state index in [1.165, 1.54) is 5.56 Å². The molecule has 2 aromatic carbocycles. The molecule has 0 bridgehead atoms. The molecule has 6 heteroatoms. The first-order valence-electron chi connectivity index (χ1n) is 9.87. The quantitative estimate of drug-likeness (QED) is 0.606. The van der Waals surface area contributed by atoms with Gasteiger partial charge in [-0.15, -0.1) is 11.8 Å². The lowest BCUT2D eigenvalue weighted by Gasteiger charge is -2.29.